The smallest absolute Gasteiger partial charge is 0.311 e. The Balaban J connectivity index is 4.76. The van der Waals surface area contributed by atoms with Gasteiger partial charge in [-0.25, -0.2) is 0 Å². The lowest BCUT2D eigenvalue weighted by Gasteiger charge is -2.33. The SMILES string of the molecule is C=CCCOC(=O)C(C)(C)CC(C)(CC)C(=O)OC. The van der Waals surface area contributed by atoms with E-state index in [1.165, 1.54) is 7.11 Å². The molecular formula is C15H26O4. The number of carbonyl (C=O) groups excluding carboxylic acids is 2. The van der Waals surface area contributed by atoms with Crippen LogP contribution in [0.3, 0.4) is 0 Å². The molecule has 0 bridgehead atoms. The molecule has 1 unspecified atom stereocenters. The molecule has 0 aromatic carbocycles. The Kier molecular flexibility index (Phi) is 6.81. The quantitative estimate of drug-likeness (QED) is 0.386. The normalized spacial score (nSPS) is 14.4. The van der Waals surface area contributed by atoms with Crippen molar-refractivity contribution in [2.24, 2.45) is 10.8 Å². The Labute approximate surface area is 116 Å². The first-order chi connectivity index (χ1) is 8.73. The lowest BCUT2D eigenvalue weighted by molar-refractivity contribution is -0.161. The molecule has 0 spiro atoms. The van der Waals surface area contributed by atoms with Crippen molar-refractivity contribution in [3.05, 3.63) is 12.7 Å². The van der Waals surface area contributed by atoms with Crippen molar-refractivity contribution >= 4 is 11.9 Å². The van der Waals surface area contributed by atoms with Crippen LogP contribution in [0.5, 0.6) is 0 Å². The lowest BCUT2D eigenvalue weighted by atomic mass is 9.72. The molecule has 4 nitrogen and oxygen atoms in total. The predicted octanol–water partition coefficient (Wildman–Crippen LogP) is 3.11. The van der Waals surface area contributed by atoms with Crippen LogP contribution >= 0.6 is 0 Å². The highest BCUT2D eigenvalue weighted by molar-refractivity contribution is 5.80. The minimum Gasteiger partial charge on any atom is -0.469 e. The van der Waals surface area contributed by atoms with Gasteiger partial charge in [0.15, 0.2) is 0 Å². The number of methoxy groups -OCH3 is 1. The van der Waals surface area contributed by atoms with Gasteiger partial charge in [0.25, 0.3) is 0 Å². The summed E-state index contributed by atoms with van der Waals surface area (Å²) in [7, 11) is 1.37. The third-order valence-corrected chi connectivity index (χ3v) is 3.40. The van der Waals surface area contributed by atoms with E-state index in [1.54, 1.807) is 19.9 Å². The van der Waals surface area contributed by atoms with Gasteiger partial charge in [-0.05, 0) is 40.0 Å². The van der Waals surface area contributed by atoms with Crippen LogP contribution in [0.25, 0.3) is 0 Å². The van der Waals surface area contributed by atoms with E-state index in [0.717, 1.165) is 0 Å². The maximum atomic E-state index is 12.0. The van der Waals surface area contributed by atoms with Crippen molar-refractivity contribution in [2.75, 3.05) is 13.7 Å². The molecule has 4 heteroatoms. The molecule has 110 valence electrons. The summed E-state index contributed by atoms with van der Waals surface area (Å²) in [4.78, 5) is 23.9. The topological polar surface area (TPSA) is 52.6 Å². The van der Waals surface area contributed by atoms with E-state index in [2.05, 4.69) is 6.58 Å². The van der Waals surface area contributed by atoms with Crippen LogP contribution < -0.4 is 0 Å². The van der Waals surface area contributed by atoms with Gasteiger partial charge in [0.1, 0.15) is 0 Å². The Morgan fingerprint density at radius 3 is 2.21 bits per heavy atom. The largest absolute Gasteiger partial charge is 0.469 e. The highest BCUT2D eigenvalue weighted by Gasteiger charge is 2.42. The van der Waals surface area contributed by atoms with Gasteiger partial charge in [0.05, 0.1) is 24.5 Å². The molecule has 0 fully saturated rings. The molecule has 0 saturated carbocycles. The molecule has 0 aliphatic heterocycles. The molecule has 1 atom stereocenters. The van der Waals surface area contributed by atoms with Crippen molar-refractivity contribution in [2.45, 2.75) is 47.0 Å². The fourth-order valence-corrected chi connectivity index (χ4v) is 2.07. The molecule has 0 radical (unpaired) electrons. The van der Waals surface area contributed by atoms with Gasteiger partial charge < -0.3 is 9.47 Å². The minimum absolute atomic E-state index is 0.290. The van der Waals surface area contributed by atoms with Crippen LogP contribution in [0, 0.1) is 10.8 Å². The zero-order chi connectivity index (χ0) is 15.1. The number of rotatable bonds is 8. The van der Waals surface area contributed by atoms with E-state index in [4.69, 9.17) is 9.47 Å². The highest BCUT2D eigenvalue weighted by atomic mass is 16.5. The fourth-order valence-electron chi connectivity index (χ4n) is 2.07. The van der Waals surface area contributed by atoms with Crippen LogP contribution in [0.2, 0.25) is 0 Å². The van der Waals surface area contributed by atoms with E-state index in [9.17, 15) is 9.59 Å². The van der Waals surface area contributed by atoms with Crippen molar-refractivity contribution in [3.8, 4) is 0 Å². The van der Waals surface area contributed by atoms with E-state index < -0.39 is 10.8 Å². The summed E-state index contributed by atoms with van der Waals surface area (Å²) in [6, 6.07) is 0. The van der Waals surface area contributed by atoms with E-state index in [1.807, 2.05) is 13.8 Å². The van der Waals surface area contributed by atoms with E-state index in [0.29, 0.717) is 25.9 Å². The zero-order valence-electron chi connectivity index (χ0n) is 12.7. The van der Waals surface area contributed by atoms with Gasteiger partial charge in [0, 0.05) is 0 Å². The molecule has 0 N–H and O–H groups in total. The second-order valence-corrected chi connectivity index (χ2v) is 5.68. The fraction of sp³-hybridized carbons (Fsp3) is 0.733. The number of carbonyl (C=O) groups is 2. The first-order valence-electron chi connectivity index (χ1n) is 6.60. The third kappa shape index (κ3) is 5.05. The molecule has 0 aromatic heterocycles. The number of hydrogen-bond acceptors (Lipinski definition) is 4. The molecule has 0 amide bonds. The Bertz CT molecular complexity index is 333. The van der Waals surface area contributed by atoms with Gasteiger partial charge in [-0.2, -0.15) is 0 Å². The van der Waals surface area contributed by atoms with Gasteiger partial charge in [0.2, 0.25) is 0 Å². The summed E-state index contributed by atoms with van der Waals surface area (Å²) in [5, 5.41) is 0. The molecular weight excluding hydrogens is 244 g/mol. The molecule has 0 heterocycles. The second kappa shape index (κ2) is 7.31. The van der Waals surface area contributed by atoms with Gasteiger partial charge in [-0.1, -0.05) is 13.0 Å². The first kappa shape index (κ1) is 17.7. The van der Waals surface area contributed by atoms with Gasteiger partial charge >= 0.3 is 11.9 Å². The highest BCUT2D eigenvalue weighted by Crippen LogP contribution is 2.38. The van der Waals surface area contributed by atoms with Crippen LogP contribution in [0.1, 0.15) is 47.0 Å². The van der Waals surface area contributed by atoms with Gasteiger partial charge in [-0.3, -0.25) is 9.59 Å². The summed E-state index contributed by atoms with van der Waals surface area (Å²) in [6.07, 6.45) is 3.34. The Morgan fingerprint density at radius 1 is 1.21 bits per heavy atom. The van der Waals surface area contributed by atoms with E-state index in [-0.39, 0.29) is 11.9 Å². The van der Waals surface area contributed by atoms with Crippen molar-refractivity contribution in [1.29, 1.82) is 0 Å². The monoisotopic (exact) mass is 270 g/mol. The average molecular weight is 270 g/mol. The van der Waals surface area contributed by atoms with Crippen molar-refractivity contribution < 1.29 is 19.1 Å². The summed E-state index contributed by atoms with van der Waals surface area (Å²) in [5.74, 6) is -0.583. The molecule has 0 aromatic rings. The van der Waals surface area contributed by atoms with Gasteiger partial charge in [-0.15, -0.1) is 6.58 Å². The van der Waals surface area contributed by atoms with Crippen molar-refractivity contribution in [1.82, 2.24) is 0 Å². The molecule has 0 rings (SSSR count). The second-order valence-electron chi connectivity index (χ2n) is 5.68. The maximum Gasteiger partial charge on any atom is 0.311 e. The molecule has 0 saturated heterocycles. The van der Waals surface area contributed by atoms with Crippen LogP contribution in [0.4, 0.5) is 0 Å². The third-order valence-electron chi connectivity index (χ3n) is 3.40. The maximum absolute atomic E-state index is 12.0. The Morgan fingerprint density at radius 2 is 1.79 bits per heavy atom. The van der Waals surface area contributed by atoms with Crippen LogP contribution in [0.15, 0.2) is 12.7 Å². The summed E-state index contributed by atoms with van der Waals surface area (Å²) >= 11 is 0. The molecule has 19 heavy (non-hydrogen) atoms. The standard InChI is InChI=1S/C15H26O4/c1-7-9-10-19-12(16)14(3,4)11-15(5,8-2)13(17)18-6/h7H,1,8-11H2,2-6H3. The number of hydrogen-bond donors (Lipinski definition) is 0. The van der Waals surface area contributed by atoms with Crippen molar-refractivity contribution in [3.63, 3.8) is 0 Å². The Hall–Kier alpha value is -1.32. The summed E-state index contributed by atoms with van der Waals surface area (Å²) in [6.45, 7) is 11.2. The van der Waals surface area contributed by atoms with E-state index >= 15 is 0 Å². The number of esters is 2. The molecule has 0 aliphatic rings. The van der Waals surface area contributed by atoms with Crippen LogP contribution in [-0.2, 0) is 19.1 Å². The molecule has 0 aliphatic carbocycles. The average Bonchev–Trinajstić information content (AvgIpc) is 2.37. The van der Waals surface area contributed by atoms with Crippen LogP contribution in [-0.4, -0.2) is 25.7 Å². The number of ether oxygens (including phenoxy) is 2. The summed E-state index contributed by atoms with van der Waals surface area (Å²) < 4.78 is 10.0. The first-order valence-corrected chi connectivity index (χ1v) is 6.60. The summed E-state index contributed by atoms with van der Waals surface area (Å²) in [5.41, 5.74) is -1.39. The lowest BCUT2D eigenvalue weighted by Crippen LogP contribution is -2.38. The minimum atomic E-state index is -0.722. The predicted molar refractivity (Wildman–Crippen MR) is 74.6 cm³/mol. The zero-order valence-corrected chi connectivity index (χ0v) is 12.7.